The predicted molar refractivity (Wildman–Crippen MR) is 62.7 cm³/mol. The van der Waals surface area contributed by atoms with Gasteiger partial charge in [-0.05, 0) is 17.0 Å². The predicted octanol–water partition coefficient (Wildman–Crippen LogP) is 0.206. The van der Waals surface area contributed by atoms with Crippen LogP contribution in [0.5, 0.6) is 0 Å². The van der Waals surface area contributed by atoms with Crippen LogP contribution < -0.4 is 9.80 Å². The van der Waals surface area contributed by atoms with Crippen molar-refractivity contribution in [2.75, 3.05) is 31.2 Å². The number of nitrogens with zero attached hydrogens (tertiary/aromatic N) is 4. The van der Waals surface area contributed by atoms with Gasteiger partial charge in [-0.15, -0.1) is 0 Å². The summed E-state index contributed by atoms with van der Waals surface area (Å²) in [5.41, 5.74) is 0.222. The van der Waals surface area contributed by atoms with Crippen molar-refractivity contribution in [3.8, 4) is 0 Å². The fraction of sp³-hybridized carbons (Fsp3) is 0.400. The fourth-order valence-corrected chi connectivity index (χ4v) is 2.16. The second-order valence-corrected chi connectivity index (χ2v) is 4.09. The molecule has 1 saturated heterocycles. The van der Waals surface area contributed by atoms with Crippen molar-refractivity contribution < 1.29 is 19.2 Å². The molecule has 2 heterocycles. The van der Waals surface area contributed by atoms with Crippen molar-refractivity contribution in [1.82, 2.24) is 5.16 Å². The van der Waals surface area contributed by atoms with Gasteiger partial charge in [-0.1, -0.05) is 0 Å². The van der Waals surface area contributed by atoms with Crippen LogP contribution in [0.3, 0.4) is 0 Å². The molecule has 2 aromatic rings. The molecule has 0 radical (unpaired) electrons. The number of ether oxygens (including phenoxy) is 1. The molecule has 9 nitrogen and oxygen atoms in total. The van der Waals surface area contributed by atoms with E-state index in [0.29, 0.717) is 32.0 Å². The molecule has 0 saturated carbocycles. The standard InChI is InChI=1S/C10H10N4O5/c15-13(16)10-8(12-3-5-18-6-4-12)2-1-7-9(10)11-19-14(7)17/h1-2H,3-6H2. The van der Waals surface area contributed by atoms with Crippen molar-refractivity contribution in [2.45, 2.75) is 0 Å². The summed E-state index contributed by atoms with van der Waals surface area (Å²) in [5, 5.41) is 26.0. The molecule has 1 aliphatic rings. The minimum absolute atomic E-state index is 0.0380. The maximum atomic E-state index is 11.3. The lowest BCUT2D eigenvalue weighted by molar-refractivity contribution is -0.782. The zero-order chi connectivity index (χ0) is 13.4. The molecule has 9 heteroatoms. The van der Waals surface area contributed by atoms with Crippen LogP contribution in [-0.4, -0.2) is 36.4 Å². The maximum absolute atomic E-state index is 11.3. The van der Waals surface area contributed by atoms with Crippen molar-refractivity contribution >= 4 is 22.4 Å². The van der Waals surface area contributed by atoms with Crippen LogP contribution >= 0.6 is 0 Å². The normalized spacial score (nSPS) is 15.9. The van der Waals surface area contributed by atoms with E-state index < -0.39 is 4.92 Å². The molecule has 0 spiro atoms. The summed E-state index contributed by atoms with van der Waals surface area (Å²) in [6.07, 6.45) is 0. The number of hydrogen-bond donors (Lipinski definition) is 0. The van der Waals surface area contributed by atoms with Gasteiger partial charge in [-0.25, -0.2) is 0 Å². The maximum Gasteiger partial charge on any atom is 0.350 e. The summed E-state index contributed by atoms with van der Waals surface area (Å²) >= 11 is 0. The third-order valence-electron chi connectivity index (χ3n) is 3.05. The number of nitro groups is 1. The largest absolute Gasteiger partial charge is 0.378 e. The van der Waals surface area contributed by atoms with Crippen LogP contribution in [0.15, 0.2) is 16.8 Å². The van der Waals surface area contributed by atoms with Gasteiger partial charge in [0.05, 0.1) is 23.3 Å². The fourth-order valence-electron chi connectivity index (χ4n) is 2.16. The highest BCUT2D eigenvalue weighted by Gasteiger charge is 2.30. The zero-order valence-corrected chi connectivity index (χ0v) is 9.81. The monoisotopic (exact) mass is 266 g/mol. The van der Waals surface area contributed by atoms with E-state index in [0.717, 1.165) is 0 Å². The summed E-state index contributed by atoms with van der Waals surface area (Å²) in [4.78, 5) is 12.7. The Balaban J connectivity index is 2.17. The lowest BCUT2D eigenvalue weighted by Gasteiger charge is -2.27. The number of fused-ring (bicyclic) bond motifs is 1. The van der Waals surface area contributed by atoms with E-state index in [1.807, 2.05) is 4.90 Å². The summed E-state index contributed by atoms with van der Waals surface area (Å²) in [5.74, 6) is 0. The van der Waals surface area contributed by atoms with Crippen LogP contribution in [0, 0.1) is 15.3 Å². The zero-order valence-electron chi connectivity index (χ0n) is 9.81. The Morgan fingerprint density at radius 1 is 1.37 bits per heavy atom. The quantitative estimate of drug-likeness (QED) is 0.434. The second-order valence-electron chi connectivity index (χ2n) is 4.09. The first-order valence-corrected chi connectivity index (χ1v) is 5.68. The minimum Gasteiger partial charge on any atom is -0.378 e. The molecule has 19 heavy (non-hydrogen) atoms. The molecule has 1 fully saturated rings. The molecule has 1 aromatic heterocycles. The molecule has 100 valence electrons. The summed E-state index contributed by atoms with van der Waals surface area (Å²) in [6, 6.07) is 3.01. The van der Waals surface area contributed by atoms with Gasteiger partial charge in [0.1, 0.15) is 5.69 Å². The SMILES string of the molecule is O=[N+]([O-])c1c(N2CCOCC2)ccc2c1no[n+]2[O-]. The first kappa shape index (κ1) is 11.7. The molecule has 3 rings (SSSR count). The highest BCUT2D eigenvalue weighted by molar-refractivity contribution is 5.89. The number of anilines is 1. The molecule has 1 aromatic carbocycles. The summed E-state index contributed by atoms with van der Waals surface area (Å²) < 4.78 is 9.62. The van der Waals surface area contributed by atoms with E-state index in [4.69, 9.17) is 4.74 Å². The Morgan fingerprint density at radius 2 is 2.11 bits per heavy atom. The Hall–Kier alpha value is -2.42. The van der Waals surface area contributed by atoms with Crippen molar-refractivity contribution in [3.63, 3.8) is 0 Å². The Bertz CT molecular complexity index is 634. The lowest BCUT2D eigenvalue weighted by atomic mass is 10.2. The van der Waals surface area contributed by atoms with Gasteiger partial charge in [0.2, 0.25) is 5.52 Å². The van der Waals surface area contributed by atoms with Crippen molar-refractivity contribution in [3.05, 3.63) is 27.5 Å². The summed E-state index contributed by atoms with van der Waals surface area (Å²) in [6.45, 7) is 2.13. The number of hydrogen-bond acceptors (Lipinski definition) is 7. The minimum atomic E-state index is -0.546. The third kappa shape index (κ3) is 1.83. The van der Waals surface area contributed by atoms with Gasteiger partial charge in [-0.3, -0.25) is 14.7 Å². The molecule has 0 amide bonds. The molecular formula is C10H10N4O5. The number of nitro benzene ring substituents is 1. The van der Waals surface area contributed by atoms with E-state index in [1.165, 1.54) is 12.1 Å². The highest BCUT2D eigenvalue weighted by Crippen LogP contribution is 2.34. The number of morpholine rings is 1. The highest BCUT2D eigenvalue weighted by atomic mass is 16.8. The lowest BCUT2D eigenvalue weighted by Crippen LogP contribution is -2.36. The van der Waals surface area contributed by atoms with Gasteiger partial charge in [0.25, 0.3) is 0 Å². The molecule has 1 aliphatic heterocycles. The molecule has 0 atom stereocenters. The Kier molecular flexibility index (Phi) is 2.67. The second kappa shape index (κ2) is 4.35. The van der Waals surface area contributed by atoms with Gasteiger partial charge >= 0.3 is 11.2 Å². The number of rotatable bonds is 2. The topological polar surface area (TPSA) is 109 Å². The average molecular weight is 266 g/mol. The average Bonchev–Trinajstić information content (AvgIpc) is 2.80. The molecular weight excluding hydrogens is 256 g/mol. The smallest absolute Gasteiger partial charge is 0.350 e. The Labute approximate surface area is 106 Å². The van der Waals surface area contributed by atoms with Gasteiger partial charge in [-0.2, -0.15) is 0 Å². The van der Waals surface area contributed by atoms with Crippen LogP contribution in [0.1, 0.15) is 0 Å². The van der Waals surface area contributed by atoms with E-state index in [9.17, 15) is 15.3 Å². The number of benzene rings is 1. The summed E-state index contributed by atoms with van der Waals surface area (Å²) in [7, 11) is 0. The van der Waals surface area contributed by atoms with Crippen LogP contribution in [0.2, 0.25) is 0 Å². The van der Waals surface area contributed by atoms with Crippen LogP contribution in [0.25, 0.3) is 11.0 Å². The molecule has 0 bridgehead atoms. The first-order valence-electron chi connectivity index (χ1n) is 5.68. The van der Waals surface area contributed by atoms with Crippen LogP contribution in [0.4, 0.5) is 11.4 Å². The number of aromatic nitrogens is 2. The van der Waals surface area contributed by atoms with E-state index in [1.54, 1.807) is 0 Å². The van der Waals surface area contributed by atoms with Gasteiger partial charge < -0.3 is 14.8 Å². The molecule has 0 unspecified atom stereocenters. The van der Waals surface area contributed by atoms with E-state index >= 15 is 0 Å². The van der Waals surface area contributed by atoms with Gasteiger partial charge in [0, 0.05) is 13.1 Å². The molecule has 0 aliphatic carbocycles. The van der Waals surface area contributed by atoms with E-state index in [2.05, 4.69) is 9.79 Å². The van der Waals surface area contributed by atoms with Crippen molar-refractivity contribution in [1.29, 1.82) is 0 Å². The van der Waals surface area contributed by atoms with Crippen LogP contribution in [-0.2, 0) is 4.74 Å². The Morgan fingerprint density at radius 3 is 2.79 bits per heavy atom. The van der Waals surface area contributed by atoms with E-state index in [-0.39, 0.29) is 21.6 Å². The van der Waals surface area contributed by atoms with Crippen molar-refractivity contribution in [2.24, 2.45) is 0 Å². The first-order chi connectivity index (χ1) is 9.18. The molecule has 0 N–H and O–H groups in total. The third-order valence-corrected chi connectivity index (χ3v) is 3.05. The van der Waals surface area contributed by atoms with Gasteiger partial charge in [0.15, 0.2) is 0 Å².